The molecule has 0 unspecified atom stereocenters. The molecule has 0 radical (unpaired) electrons. The van der Waals surface area contributed by atoms with Gasteiger partial charge in [-0.25, -0.2) is 9.78 Å². The Morgan fingerprint density at radius 3 is 2.41 bits per heavy atom. The smallest absolute Gasteiger partial charge is 0.340 e. The van der Waals surface area contributed by atoms with E-state index in [2.05, 4.69) is 26.3 Å². The maximum absolute atomic E-state index is 12.8. The van der Waals surface area contributed by atoms with Gasteiger partial charge in [0.25, 0.3) is 0 Å². The lowest BCUT2D eigenvalue weighted by atomic mass is 10.0. The maximum Gasteiger partial charge on any atom is 0.340 e. The zero-order valence-electron chi connectivity index (χ0n) is 18.4. The van der Waals surface area contributed by atoms with Gasteiger partial charge in [0.1, 0.15) is 11.4 Å². The molecule has 1 saturated heterocycles. The van der Waals surface area contributed by atoms with E-state index in [0.29, 0.717) is 17.3 Å². The SMILES string of the molecule is Cc1nc(C)c(C(=O)OC(C)(C)C)c(C)c1NC1CCN(c2ccccn2)CC1. The summed E-state index contributed by atoms with van der Waals surface area (Å²) in [5.74, 6) is 0.718. The minimum atomic E-state index is -0.535. The van der Waals surface area contributed by atoms with E-state index in [1.807, 2.05) is 59.9 Å². The number of ether oxygens (including phenoxy) is 1. The van der Waals surface area contributed by atoms with Gasteiger partial charge in [-0.2, -0.15) is 0 Å². The number of carbonyl (C=O) groups is 1. The number of nitrogens with one attached hydrogen (secondary N) is 1. The molecule has 0 spiro atoms. The molecule has 3 heterocycles. The standard InChI is InChI=1S/C23H32N4O2/c1-15-20(22(28)29-23(4,5)6)16(2)25-17(3)21(15)26-18-10-13-27(14-11-18)19-9-7-8-12-24-19/h7-9,12,18,26H,10-11,13-14H2,1-6H3. The predicted molar refractivity (Wildman–Crippen MR) is 117 cm³/mol. The first kappa shape index (κ1) is 21.1. The number of hydrogen-bond acceptors (Lipinski definition) is 6. The van der Waals surface area contributed by atoms with Crippen LogP contribution >= 0.6 is 0 Å². The molecule has 2 aromatic rings. The van der Waals surface area contributed by atoms with Crippen molar-refractivity contribution in [2.24, 2.45) is 0 Å². The first-order chi connectivity index (χ1) is 13.7. The summed E-state index contributed by atoms with van der Waals surface area (Å²) in [5.41, 5.74) is 3.53. The summed E-state index contributed by atoms with van der Waals surface area (Å²) in [5, 5.41) is 3.66. The third-order valence-electron chi connectivity index (χ3n) is 5.23. The van der Waals surface area contributed by atoms with E-state index in [-0.39, 0.29) is 5.97 Å². The average molecular weight is 397 g/mol. The molecule has 0 aliphatic carbocycles. The van der Waals surface area contributed by atoms with Crippen LogP contribution in [0.1, 0.15) is 60.9 Å². The van der Waals surface area contributed by atoms with E-state index in [4.69, 9.17) is 4.74 Å². The Hall–Kier alpha value is -2.63. The Morgan fingerprint density at radius 2 is 1.83 bits per heavy atom. The number of aromatic nitrogens is 2. The Bertz CT molecular complexity index is 867. The summed E-state index contributed by atoms with van der Waals surface area (Å²) in [6.07, 6.45) is 3.85. The molecule has 6 nitrogen and oxygen atoms in total. The highest BCUT2D eigenvalue weighted by molar-refractivity contribution is 5.94. The van der Waals surface area contributed by atoms with E-state index in [1.165, 1.54) is 0 Å². The normalized spacial score (nSPS) is 15.3. The van der Waals surface area contributed by atoms with E-state index in [0.717, 1.165) is 48.7 Å². The molecule has 156 valence electrons. The van der Waals surface area contributed by atoms with Crippen molar-refractivity contribution in [3.05, 3.63) is 46.9 Å². The van der Waals surface area contributed by atoms with Crippen LogP contribution in [0, 0.1) is 20.8 Å². The lowest BCUT2D eigenvalue weighted by Crippen LogP contribution is -2.39. The van der Waals surface area contributed by atoms with Gasteiger partial charge in [0, 0.05) is 25.3 Å². The van der Waals surface area contributed by atoms with Gasteiger partial charge in [0.2, 0.25) is 0 Å². The van der Waals surface area contributed by atoms with Crippen LogP contribution in [0.5, 0.6) is 0 Å². The molecule has 0 aromatic carbocycles. The predicted octanol–water partition coefficient (Wildman–Crippen LogP) is 4.44. The second-order valence-corrected chi connectivity index (χ2v) is 8.75. The summed E-state index contributed by atoms with van der Waals surface area (Å²) in [4.78, 5) is 24.2. The molecule has 0 atom stereocenters. The maximum atomic E-state index is 12.8. The van der Waals surface area contributed by atoms with Crippen molar-refractivity contribution >= 4 is 17.5 Å². The third kappa shape index (κ3) is 5.05. The summed E-state index contributed by atoms with van der Waals surface area (Å²) in [6, 6.07) is 6.35. The van der Waals surface area contributed by atoms with Gasteiger partial charge in [0.05, 0.1) is 22.6 Å². The van der Waals surface area contributed by atoms with Gasteiger partial charge in [-0.3, -0.25) is 4.98 Å². The lowest BCUT2D eigenvalue weighted by molar-refractivity contribution is 0.00675. The minimum Gasteiger partial charge on any atom is -0.456 e. The number of rotatable bonds is 4. The van der Waals surface area contributed by atoms with E-state index in [9.17, 15) is 4.79 Å². The highest BCUT2D eigenvalue weighted by atomic mass is 16.6. The number of carbonyl (C=O) groups excluding carboxylic acids is 1. The fourth-order valence-electron chi connectivity index (χ4n) is 3.87. The molecule has 0 amide bonds. The van der Waals surface area contributed by atoms with Crippen LogP contribution in [0.3, 0.4) is 0 Å². The number of esters is 1. The van der Waals surface area contributed by atoms with Crippen LogP contribution in [0.4, 0.5) is 11.5 Å². The van der Waals surface area contributed by atoms with E-state index < -0.39 is 5.60 Å². The summed E-state index contributed by atoms with van der Waals surface area (Å²) >= 11 is 0. The van der Waals surface area contributed by atoms with Crippen LogP contribution in [0.25, 0.3) is 0 Å². The number of nitrogens with zero attached hydrogens (tertiary/aromatic N) is 3. The lowest BCUT2D eigenvalue weighted by Gasteiger charge is -2.34. The fourth-order valence-corrected chi connectivity index (χ4v) is 3.87. The van der Waals surface area contributed by atoms with Crippen molar-refractivity contribution in [3.8, 4) is 0 Å². The number of anilines is 2. The summed E-state index contributed by atoms with van der Waals surface area (Å²) < 4.78 is 5.61. The molecule has 3 rings (SSSR count). The highest BCUT2D eigenvalue weighted by Gasteiger charge is 2.26. The number of pyridine rings is 2. The van der Waals surface area contributed by atoms with Crippen LogP contribution in [-0.2, 0) is 4.74 Å². The van der Waals surface area contributed by atoms with Crippen LogP contribution in [0.15, 0.2) is 24.4 Å². The molecule has 2 aromatic heterocycles. The molecule has 0 saturated carbocycles. The van der Waals surface area contributed by atoms with Gasteiger partial charge in [-0.1, -0.05) is 6.07 Å². The van der Waals surface area contributed by atoms with Gasteiger partial charge in [-0.05, 0) is 72.1 Å². The summed E-state index contributed by atoms with van der Waals surface area (Å²) in [6.45, 7) is 13.4. The molecule has 1 aliphatic heterocycles. The molecular formula is C23H32N4O2. The van der Waals surface area contributed by atoms with Gasteiger partial charge in [-0.15, -0.1) is 0 Å². The Balaban J connectivity index is 1.74. The Kier molecular flexibility index (Phi) is 6.10. The first-order valence-electron chi connectivity index (χ1n) is 10.3. The summed E-state index contributed by atoms with van der Waals surface area (Å²) in [7, 11) is 0. The second-order valence-electron chi connectivity index (χ2n) is 8.75. The second kappa shape index (κ2) is 8.39. The van der Waals surface area contributed by atoms with E-state index >= 15 is 0 Å². The Morgan fingerprint density at radius 1 is 1.14 bits per heavy atom. The minimum absolute atomic E-state index is 0.312. The topological polar surface area (TPSA) is 67.3 Å². The molecule has 0 bridgehead atoms. The zero-order chi connectivity index (χ0) is 21.2. The number of piperidine rings is 1. The van der Waals surface area contributed by atoms with Crippen molar-refractivity contribution in [2.45, 2.75) is 66.0 Å². The van der Waals surface area contributed by atoms with Crippen molar-refractivity contribution in [1.82, 2.24) is 9.97 Å². The zero-order valence-corrected chi connectivity index (χ0v) is 18.4. The van der Waals surface area contributed by atoms with Crippen LogP contribution in [0.2, 0.25) is 0 Å². The van der Waals surface area contributed by atoms with Crippen LogP contribution in [-0.4, -0.2) is 40.7 Å². The monoisotopic (exact) mass is 396 g/mol. The molecular weight excluding hydrogens is 364 g/mol. The highest BCUT2D eigenvalue weighted by Crippen LogP contribution is 2.29. The molecule has 1 N–H and O–H groups in total. The first-order valence-corrected chi connectivity index (χ1v) is 10.3. The molecule has 6 heteroatoms. The Labute approximate surface area is 173 Å². The average Bonchev–Trinajstić information content (AvgIpc) is 2.65. The third-order valence-corrected chi connectivity index (χ3v) is 5.23. The van der Waals surface area contributed by atoms with Crippen molar-refractivity contribution in [2.75, 3.05) is 23.3 Å². The fraction of sp³-hybridized carbons (Fsp3) is 0.522. The van der Waals surface area contributed by atoms with Gasteiger partial charge < -0.3 is 15.0 Å². The number of hydrogen-bond donors (Lipinski definition) is 1. The van der Waals surface area contributed by atoms with Gasteiger partial charge in [0.15, 0.2) is 0 Å². The molecule has 1 aliphatic rings. The van der Waals surface area contributed by atoms with E-state index in [1.54, 1.807) is 0 Å². The van der Waals surface area contributed by atoms with Crippen molar-refractivity contribution < 1.29 is 9.53 Å². The van der Waals surface area contributed by atoms with Gasteiger partial charge >= 0.3 is 5.97 Å². The van der Waals surface area contributed by atoms with Crippen LogP contribution < -0.4 is 10.2 Å². The quantitative estimate of drug-likeness (QED) is 0.771. The number of aryl methyl sites for hydroxylation is 2. The molecule has 1 fully saturated rings. The van der Waals surface area contributed by atoms with Crippen molar-refractivity contribution in [3.63, 3.8) is 0 Å². The largest absolute Gasteiger partial charge is 0.456 e. The molecule has 29 heavy (non-hydrogen) atoms. The van der Waals surface area contributed by atoms with Crippen molar-refractivity contribution in [1.29, 1.82) is 0 Å².